The lowest BCUT2D eigenvalue weighted by atomic mass is 10.2. The van der Waals surface area contributed by atoms with E-state index in [0.29, 0.717) is 0 Å². The van der Waals surface area contributed by atoms with Crippen molar-refractivity contribution < 1.29 is 19.0 Å². The second-order valence-electron chi connectivity index (χ2n) is 4.65. The van der Waals surface area contributed by atoms with Crippen LogP contribution in [0.5, 0.6) is 0 Å². The third-order valence-electron chi connectivity index (χ3n) is 3.35. The fourth-order valence-corrected chi connectivity index (χ4v) is 2.34. The molecule has 0 N–H and O–H groups in total. The van der Waals surface area contributed by atoms with E-state index in [-0.39, 0.29) is 6.10 Å². The molecule has 18 heavy (non-hydrogen) atoms. The first-order valence-corrected chi connectivity index (χ1v) is 6.51. The predicted octanol–water partition coefficient (Wildman–Crippen LogP) is -0.897. The largest absolute Gasteiger partial charge is 0.451 e. The van der Waals surface area contributed by atoms with Crippen LogP contribution < -0.4 is 0 Å². The van der Waals surface area contributed by atoms with E-state index in [2.05, 4.69) is 9.80 Å². The summed E-state index contributed by atoms with van der Waals surface area (Å²) in [7, 11) is 0. The van der Waals surface area contributed by atoms with Crippen molar-refractivity contribution in [1.29, 1.82) is 0 Å². The second kappa shape index (κ2) is 7.68. The number of morpholine rings is 2. The van der Waals surface area contributed by atoms with Gasteiger partial charge in [0.05, 0.1) is 26.4 Å². The Morgan fingerprint density at radius 3 is 1.78 bits per heavy atom. The molecule has 2 aliphatic rings. The molecule has 0 amide bonds. The highest BCUT2D eigenvalue weighted by atomic mass is 16.5. The van der Waals surface area contributed by atoms with E-state index in [0.717, 1.165) is 65.7 Å². The summed E-state index contributed by atoms with van der Waals surface area (Å²) in [5.41, 5.74) is 0. The van der Waals surface area contributed by atoms with Gasteiger partial charge in [-0.1, -0.05) is 0 Å². The average molecular weight is 257 g/mol. The average Bonchev–Trinajstić information content (AvgIpc) is 2.41. The molecule has 6 nitrogen and oxygen atoms in total. The van der Waals surface area contributed by atoms with Crippen LogP contribution in [0.1, 0.15) is 0 Å². The summed E-state index contributed by atoms with van der Waals surface area (Å²) in [4.78, 5) is 15.0. The smallest absolute Gasteiger partial charge is 0.417 e. The number of nitrogens with zero attached hydrogens (tertiary/aromatic N) is 2. The molecule has 2 aliphatic heterocycles. The van der Waals surface area contributed by atoms with Gasteiger partial charge < -0.3 is 14.2 Å². The summed E-state index contributed by atoms with van der Waals surface area (Å²) in [6.07, 6.45) is -0.112. The van der Waals surface area contributed by atoms with Crippen molar-refractivity contribution in [3.05, 3.63) is 0 Å². The van der Waals surface area contributed by atoms with E-state index in [4.69, 9.17) is 14.2 Å². The predicted molar refractivity (Wildman–Crippen MR) is 65.1 cm³/mol. The summed E-state index contributed by atoms with van der Waals surface area (Å²) in [6.45, 7) is 9.76. The molecular formula is C12H21N2O4. The van der Waals surface area contributed by atoms with Crippen LogP contribution in [-0.4, -0.2) is 88.1 Å². The first kappa shape index (κ1) is 13.7. The standard InChI is InChI=1S/C12H21N2O4/c15-11-18-12(9-13-1-5-16-6-2-13)10-14-3-7-17-8-4-14/h12H,1-10H2. The van der Waals surface area contributed by atoms with Gasteiger partial charge in [-0.05, 0) is 0 Å². The SMILES string of the molecule is O=[C]OC(CN1CCOCC1)CN1CCOCC1. The molecule has 2 fully saturated rings. The Bertz CT molecular complexity index is 220. The molecule has 0 unspecified atom stereocenters. The molecule has 0 spiro atoms. The van der Waals surface area contributed by atoms with Crippen molar-refractivity contribution in [2.24, 2.45) is 0 Å². The third kappa shape index (κ3) is 4.53. The molecule has 2 saturated heterocycles. The molecule has 103 valence electrons. The fourth-order valence-electron chi connectivity index (χ4n) is 2.34. The lowest BCUT2D eigenvalue weighted by Gasteiger charge is -2.33. The first-order chi connectivity index (χ1) is 8.88. The molecule has 2 heterocycles. The lowest BCUT2D eigenvalue weighted by Crippen LogP contribution is -2.47. The van der Waals surface area contributed by atoms with Crippen LogP contribution in [-0.2, 0) is 19.0 Å². The minimum Gasteiger partial charge on any atom is -0.451 e. The highest BCUT2D eigenvalue weighted by Crippen LogP contribution is 2.05. The molecule has 0 aliphatic carbocycles. The molecule has 0 aromatic heterocycles. The lowest BCUT2D eigenvalue weighted by molar-refractivity contribution is -0.00840. The van der Waals surface area contributed by atoms with Crippen molar-refractivity contribution in [2.75, 3.05) is 65.7 Å². The molecule has 1 radical (unpaired) electrons. The Morgan fingerprint density at radius 1 is 0.944 bits per heavy atom. The molecule has 6 heteroatoms. The Morgan fingerprint density at radius 2 is 1.39 bits per heavy atom. The van der Waals surface area contributed by atoms with Crippen LogP contribution in [0, 0.1) is 0 Å². The van der Waals surface area contributed by atoms with Gasteiger partial charge in [0.1, 0.15) is 6.10 Å². The van der Waals surface area contributed by atoms with Gasteiger partial charge in [-0.2, -0.15) is 0 Å². The topological polar surface area (TPSA) is 51.2 Å². The highest BCUT2D eigenvalue weighted by Gasteiger charge is 2.21. The molecule has 0 saturated carbocycles. The normalized spacial score (nSPS) is 23.2. The molecule has 0 aromatic carbocycles. The number of ether oxygens (including phenoxy) is 3. The van der Waals surface area contributed by atoms with Gasteiger partial charge in [-0.25, -0.2) is 4.79 Å². The van der Waals surface area contributed by atoms with Crippen molar-refractivity contribution in [3.8, 4) is 0 Å². The number of hydrogen-bond donors (Lipinski definition) is 0. The number of carbonyl (C=O) groups excluding carboxylic acids is 1. The Balaban J connectivity index is 1.76. The van der Waals surface area contributed by atoms with E-state index in [1.54, 1.807) is 6.47 Å². The van der Waals surface area contributed by atoms with Crippen LogP contribution in [0.2, 0.25) is 0 Å². The summed E-state index contributed by atoms with van der Waals surface area (Å²) in [5, 5.41) is 0. The van der Waals surface area contributed by atoms with Crippen molar-refractivity contribution in [1.82, 2.24) is 9.80 Å². The second-order valence-corrected chi connectivity index (χ2v) is 4.65. The van der Waals surface area contributed by atoms with E-state index in [1.807, 2.05) is 0 Å². The monoisotopic (exact) mass is 257 g/mol. The maximum atomic E-state index is 10.5. The van der Waals surface area contributed by atoms with E-state index >= 15 is 0 Å². The molecular weight excluding hydrogens is 236 g/mol. The van der Waals surface area contributed by atoms with Gasteiger partial charge in [0.2, 0.25) is 0 Å². The zero-order chi connectivity index (χ0) is 12.6. The minimum absolute atomic E-state index is 0.112. The van der Waals surface area contributed by atoms with Crippen LogP contribution >= 0.6 is 0 Å². The Labute approximate surface area is 108 Å². The van der Waals surface area contributed by atoms with Crippen LogP contribution in [0.25, 0.3) is 0 Å². The maximum Gasteiger partial charge on any atom is 0.417 e. The van der Waals surface area contributed by atoms with Gasteiger partial charge in [0.25, 0.3) is 0 Å². The summed E-state index contributed by atoms with van der Waals surface area (Å²) in [5.74, 6) is 0. The quantitative estimate of drug-likeness (QED) is 0.615. The van der Waals surface area contributed by atoms with Crippen LogP contribution in [0.3, 0.4) is 0 Å². The molecule has 0 atom stereocenters. The van der Waals surface area contributed by atoms with Crippen LogP contribution in [0.4, 0.5) is 0 Å². The fraction of sp³-hybridized carbons (Fsp3) is 0.917. The van der Waals surface area contributed by atoms with E-state index < -0.39 is 0 Å². The van der Waals surface area contributed by atoms with Crippen molar-refractivity contribution in [3.63, 3.8) is 0 Å². The molecule has 2 rings (SSSR count). The maximum absolute atomic E-state index is 10.5. The summed E-state index contributed by atoms with van der Waals surface area (Å²) < 4.78 is 15.7. The third-order valence-corrected chi connectivity index (χ3v) is 3.35. The van der Waals surface area contributed by atoms with Crippen molar-refractivity contribution >= 4 is 6.47 Å². The van der Waals surface area contributed by atoms with Gasteiger partial charge in [0.15, 0.2) is 0 Å². The van der Waals surface area contributed by atoms with Crippen LogP contribution in [0.15, 0.2) is 0 Å². The Kier molecular flexibility index (Phi) is 5.86. The van der Waals surface area contributed by atoms with E-state index in [1.165, 1.54) is 0 Å². The van der Waals surface area contributed by atoms with Gasteiger partial charge in [0, 0.05) is 39.3 Å². The zero-order valence-corrected chi connectivity index (χ0v) is 10.7. The summed E-state index contributed by atoms with van der Waals surface area (Å²) in [6, 6.07) is 0. The van der Waals surface area contributed by atoms with Gasteiger partial charge >= 0.3 is 6.47 Å². The van der Waals surface area contributed by atoms with Gasteiger partial charge in [-0.3, -0.25) is 9.80 Å². The number of hydrogen-bond acceptors (Lipinski definition) is 6. The van der Waals surface area contributed by atoms with E-state index in [9.17, 15) is 4.79 Å². The Hall–Kier alpha value is -0.690. The van der Waals surface area contributed by atoms with Gasteiger partial charge in [-0.15, -0.1) is 0 Å². The first-order valence-electron chi connectivity index (χ1n) is 6.51. The highest BCUT2D eigenvalue weighted by molar-refractivity contribution is 5.38. The molecule has 0 bridgehead atoms. The number of rotatable bonds is 6. The minimum atomic E-state index is -0.112. The summed E-state index contributed by atoms with van der Waals surface area (Å²) >= 11 is 0. The zero-order valence-electron chi connectivity index (χ0n) is 10.7. The molecule has 0 aromatic rings. The van der Waals surface area contributed by atoms with Crippen molar-refractivity contribution in [2.45, 2.75) is 6.10 Å².